The van der Waals surface area contributed by atoms with Gasteiger partial charge in [-0.25, -0.2) is 4.79 Å². The lowest BCUT2D eigenvalue weighted by Crippen LogP contribution is -2.08. The van der Waals surface area contributed by atoms with Gasteiger partial charge in [0.05, 0.1) is 12.2 Å². The van der Waals surface area contributed by atoms with E-state index in [1.54, 1.807) is 44.2 Å². The van der Waals surface area contributed by atoms with Crippen LogP contribution in [0.5, 0.6) is 5.75 Å². The maximum atomic E-state index is 12.2. The molecule has 0 amide bonds. The molecule has 0 bridgehead atoms. The molecule has 8 nitrogen and oxygen atoms in total. The summed E-state index contributed by atoms with van der Waals surface area (Å²) in [6.07, 6.45) is 0. The highest BCUT2D eigenvalue weighted by Crippen LogP contribution is 2.30. The van der Waals surface area contributed by atoms with Gasteiger partial charge in [-0.2, -0.15) is 0 Å². The van der Waals surface area contributed by atoms with Crippen LogP contribution in [-0.2, 0) is 11.3 Å². The number of hydrogen-bond acceptors (Lipinski definition) is 7. The van der Waals surface area contributed by atoms with Crippen molar-refractivity contribution in [1.29, 1.82) is 0 Å². The van der Waals surface area contributed by atoms with Gasteiger partial charge in [0.15, 0.2) is 0 Å². The summed E-state index contributed by atoms with van der Waals surface area (Å²) in [5, 5.41) is 11.9. The Morgan fingerprint density at radius 3 is 2.77 bits per heavy atom. The molecule has 0 spiro atoms. The highest BCUT2D eigenvalue weighted by molar-refractivity contribution is 5.96. The van der Waals surface area contributed by atoms with Gasteiger partial charge in [-0.15, -0.1) is 0 Å². The number of carbonyl (C=O) groups excluding carboxylic acids is 1. The predicted octanol–water partition coefficient (Wildman–Crippen LogP) is 3.80. The number of nitrogens with zero attached hydrogens (tertiary/aromatic N) is 2. The van der Waals surface area contributed by atoms with E-state index >= 15 is 0 Å². The van der Waals surface area contributed by atoms with Gasteiger partial charge in [-0.05, 0) is 35.0 Å². The van der Waals surface area contributed by atoms with E-state index in [1.807, 2.05) is 0 Å². The molecule has 1 aromatic carbocycles. The van der Waals surface area contributed by atoms with Crippen molar-refractivity contribution in [2.75, 3.05) is 6.61 Å². The summed E-state index contributed by atoms with van der Waals surface area (Å²) in [7, 11) is 0. The van der Waals surface area contributed by atoms with Crippen LogP contribution in [-0.4, -0.2) is 22.5 Å². The number of benzene rings is 1. The first-order valence-electron chi connectivity index (χ1n) is 7.93. The number of esters is 1. The minimum Gasteiger partial charge on any atom is -0.481 e. The molecule has 0 fully saturated rings. The van der Waals surface area contributed by atoms with E-state index in [9.17, 15) is 14.9 Å². The number of fused-ring (bicyclic) bond motifs is 1. The van der Waals surface area contributed by atoms with Crippen molar-refractivity contribution in [2.24, 2.45) is 0 Å². The zero-order chi connectivity index (χ0) is 18.7. The topological polar surface area (TPSA) is 105 Å². The molecule has 0 aliphatic carbocycles. The van der Waals surface area contributed by atoms with Crippen molar-refractivity contribution >= 4 is 22.8 Å². The fraction of sp³-hybridized carbons (Fsp3) is 0.222. The molecule has 0 aliphatic rings. The third-order valence-corrected chi connectivity index (χ3v) is 3.68. The summed E-state index contributed by atoms with van der Waals surface area (Å²) in [6, 6.07) is 10.2. The van der Waals surface area contributed by atoms with Gasteiger partial charge in [0.2, 0.25) is 11.5 Å². The van der Waals surface area contributed by atoms with E-state index in [2.05, 4.69) is 4.98 Å². The van der Waals surface area contributed by atoms with Crippen LogP contribution in [0.4, 0.5) is 5.82 Å². The minimum atomic E-state index is -0.612. The number of carbonyl (C=O) groups is 1. The van der Waals surface area contributed by atoms with Crippen LogP contribution in [0.2, 0.25) is 0 Å². The molecule has 8 heteroatoms. The van der Waals surface area contributed by atoms with Gasteiger partial charge in [0.25, 0.3) is 0 Å². The molecule has 0 radical (unpaired) electrons. The van der Waals surface area contributed by atoms with Crippen LogP contribution < -0.4 is 4.74 Å². The minimum absolute atomic E-state index is 0.0145. The summed E-state index contributed by atoms with van der Waals surface area (Å²) < 4.78 is 16.2. The first-order valence-corrected chi connectivity index (χ1v) is 7.93. The standard InChI is InChI=1S/C18H16N2O6/c1-3-24-18(21)16-13(12-6-4-5-7-14(12)26-16)10-25-15-9-8-11(2)19-17(15)20(22)23/h4-9H,3,10H2,1-2H3. The van der Waals surface area contributed by atoms with Crippen LogP contribution in [0.15, 0.2) is 40.8 Å². The summed E-state index contributed by atoms with van der Waals surface area (Å²) >= 11 is 0. The van der Waals surface area contributed by atoms with E-state index < -0.39 is 10.9 Å². The molecule has 0 unspecified atom stereocenters. The van der Waals surface area contributed by atoms with E-state index in [4.69, 9.17) is 13.9 Å². The van der Waals surface area contributed by atoms with Gasteiger partial charge in [-0.3, -0.25) is 0 Å². The van der Waals surface area contributed by atoms with Gasteiger partial charge < -0.3 is 24.0 Å². The smallest absolute Gasteiger partial charge is 0.406 e. The second kappa shape index (κ2) is 7.22. The molecule has 3 rings (SSSR count). The molecule has 2 heterocycles. The second-order valence-electron chi connectivity index (χ2n) is 5.45. The number of nitro groups is 1. The normalized spacial score (nSPS) is 10.7. The molecular weight excluding hydrogens is 340 g/mol. The Hall–Kier alpha value is -3.42. The van der Waals surface area contributed by atoms with E-state index in [1.165, 1.54) is 6.07 Å². The number of hydrogen-bond donors (Lipinski definition) is 0. The Labute approximate surface area is 148 Å². The summed E-state index contributed by atoms with van der Waals surface area (Å²) in [5.74, 6) is -0.953. The Morgan fingerprint density at radius 2 is 2.04 bits per heavy atom. The Kier molecular flexibility index (Phi) is 4.83. The molecule has 0 saturated carbocycles. The van der Waals surface area contributed by atoms with Crippen LogP contribution in [0.1, 0.15) is 28.7 Å². The quantitative estimate of drug-likeness (QED) is 0.376. The molecule has 0 saturated heterocycles. The second-order valence-corrected chi connectivity index (χ2v) is 5.45. The lowest BCUT2D eigenvalue weighted by molar-refractivity contribution is -0.390. The Bertz CT molecular complexity index is 979. The lowest BCUT2D eigenvalue weighted by atomic mass is 10.1. The highest BCUT2D eigenvalue weighted by atomic mass is 16.6. The average Bonchev–Trinajstić information content (AvgIpc) is 2.99. The zero-order valence-electron chi connectivity index (χ0n) is 14.2. The first kappa shape index (κ1) is 17.4. The van der Waals surface area contributed by atoms with Gasteiger partial charge in [0, 0.05) is 12.3 Å². The fourth-order valence-corrected chi connectivity index (χ4v) is 2.53. The van der Waals surface area contributed by atoms with Crippen molar-refractivity contribution in [3.8, 4) is 5.75 Å². The lowest BCUT2D eigenvalue weighted by Gasteiger charge is -2.07. The summed E-state index contributed by atoms with van der Waals surface area (Å²) in [4.78, 5) is 26.6. The number of aryl methyl sites for hydroxylation is 1. The SMILES string of the molecule is CCOC(=O)c1oc2ccccc2c1COc1ccc(C)nc1[N+](=O)[O-]. The number of furan rings is 1. The van der Waals surface area contributed by atoms with Gasteiger partial charge >= 0.3 is 11.8 Å². The first-order chi connectivity index (χ1) is 12.5. The van der Waals surface area contributed by atoms with Crippen LogP contribution in [0, 0.1) is 17.0 Å². The van der Waals surface area contributed by atoms with E-state index in [-0.39, 0.29) is 30.5 Å². The maximum absolute atomic E-state index is 12.2. The van der Waals surface area contributed by atoms with Crippen molar-refractivity contribution in [3.63, 3.8) is 0 Å². The number of pyridine rings is 1. The average molecular weight is 356 g/mol. The Balaban J connectivity index is 1.97. The molecule has 26 heavy (non-hydrogen) atoms. The van der Waals surface area contributed by atoms with Crippen molar-refractivity contribution in [2.45, 2.75) is 20.5 Å². The fourth-order valence-electron chi connectivity index (χ4n) is 2.53. The van der Waals surface area contributed by atoms with Gasteiger partial charge in [0.1, 0.15) is 17.9 Å². The number of para-hydroxylation sites is 1. The summed E-state index contributed by atoms with van der Waals surface area (Å²) in [5.41, 5.74) is 1.48. The third kappa shape index (κ3) is 3.34. The third-order valence-electron chi connectivity index (χ3n) is 3.68. The van der Waals surface area contributed by atoms with Crippen molar-refractivity contribution < 1.29 is 23.6 Å². The van der Waals surface area contributed by atoms with Crippen molar-refractivity contribution in [1.82, 2.24) is 4.98 Å². The van der Waals surface area contributed by atoms with E-state index in [0.717, 1.165) is 0 Å². The van der Waals surface area contributed by atoms with Gasteiger partial charge in [-0.1, -0.05) is 18.2 Å². The number of ether oxygens (including phenoxy) is 2. The van der Waals surface area contributed by atoms with Crippen LogP contribution in [0.3, 0.4) is 0 Å². The number of aromatic nitrogens is 1. The molecule has 2 aromatic heterocycles. The molecule has 134 valence electrons. The summed E-state index contributed by atoms with van der Waals surface area (Å²) in [6.45, 7) is 3.44. The number of rotatable bonds is 6. The Morgan fingerprint density at radius 1 is 1.27 bits per heavy atom. The van der Waals surface area contributed by atoms with E-state index in [0.29, 0.717) is 22.2 Å². The largest absolute Gasteiger partial charge is 0.481 e. The maximum Gasteiger partial charge on any atom is 0.406 e. The molecule has 0 N–H and O–H groups in total. The molecule has 3 aromatic rings. The zero-order valence-corrected chi connectivity index (χ0v) is 14.2. The predicted molar refractivity (Wildman–Crippen MR) is 92.1 cm³/mol. The van der Waals surface area contributed by atoms with Crippen LogP contribution in [0.25, 0.3) is 11.0 Å². The monoisotopic (exact) mass is 356 g/mol. The van der Waals surface area contributed by atoms with Crippen molar-refractivity contribution in [3.05, 3.63) is 63.5 Å². The molecule has 0 atom stereocenters. The highest BCUT2D eigenvalue weighted by Gasteiger charge is 2.24. The van der Waals surface area contributed by atoms with Crippen LogP contribution >= 0.6 is 0 Å². The molecule has 0 aliphatic heterocycles. The molecular formula is C18H16N2O6.